The highest BCUT2D eigenvalue weighted by Gasteiger charge is 2.15. The monoisotopic (exact) mass is 416 g/mol. The molecule has 0 aliphatic carbocycles. The van der Waals surface area contributed by atoms with Gasteiger partial charge in [0.1, 0.15) is 5.82 Å². The molecule has 0 saturated heterocycles. The van der Waals surface area contributed by atoms with Gasteiger partial charge in [-0.3, -0.25) is 14.9 Å². The van der Waals surface area contributed by atoms with E-state index in [0.29, 0.717) is 22.5 Å². The SMILES string of the molecule is CN(C)CCNc1ccc(NC(=O)c2n[nH]c3ccc(-c4cncc(N)c4)cc23)cn1. The maximum Gasteiger partial charge on any atom is 0.276 e. The molecule has 0 saturated carbocycles. The Morgan fingerprint density at radius 1 is 1.10 bits per heavy atom. The number of hydrogen-bond acceptors (Lipinski definition) is 7. The minimum absolute atomic E-state index is 0.307. The molecule has 5 N–H and O–H groups in total. The minimum Gasteiger partial charge on any atom is -0.397 e. The summed E-state index contributed by atoms with van der Waals surface area (Å²) >= 11 is 0. The molecule has 0 atom stereocenters. The number of aromatic nitrogens is 4. The summed E-state index contributed by atoms with van der Waals surface area (Å²) in [5.41, 5.74) is 9.86. The quantitative estimate of drug-likeness (QED) is 0.365. The van der Waals surface area contributed by atoms with Crippen molar-refractivity contribution in [3.63, 3.8) is 0 Å². The molecule has 31 heavy (non-hydrogen) atoms. The predicted octanol–water partition coefficient (Wildman–Crippen LogP) is 2.83. The predicted molar refractivity (Wildman–Crippen MR) is 123 cm³/mol. The van der Waals surface area contributed by atoms with Crippen LogP contribution in [0.3, 0.4) is 0 Å². The average Bonchev–Trinajstić information content (AvgIpc) is 3.18. The van der Waals surface area contributed by atoms with Gasteiger partial charge < -0.3 is 21.3 Å². The normalized spacial score (nSPS) is 11.1. The number of hydrogen-bond donors (Lipinski definition) is 4. The zero-order valence-electron chi connectivity index (χ0n) is 17.4. The van der Waals surface area contributed by atoms with E-state index in [1.165, 1.54) is 0 Å². The van der Waals surface area contributed by atoms with Gasteiger partial charge in [-0.15, -0.1) is 0 Å². The lowest BCUT2D eigenvalue weighted by Crippen LogP contribution is -2.21. The molecule has 9 nitrogen and oxygen atoms in total. The van der Waals surface area contributed by atoms with Crippen molar-refractivity contribution < 1.29 is 4.79 Å². The van der Waals surface area contributed by atoms with Gasteiger partial charge in [0.15, 0.2) is 5.69 Å². The number of nitrogens with zero attached hydrogens (tertiary/aromatic N) is 4. The Morgan fingerprint density at radius 2 is 1.97 bits per heavy atom. The van der Waals surface area contributed by atoms with Crippen molar-refractivity contribution in [2.24, 2.45) is 0 Å². The third-order valence-corrected chi connectivity index (χ3v) is 4.76. The largest absolute Gasteiger partial charge is 0.397 e. The first-order valence-electron chi connectivity index (χ1n) is 9.84. The van der Waals surface area contributed by atoms with Crippen LogP contribution in [0.15, 0.2) is 55.0 Å². The molecule has 0 spiro atoms. The van der Waals surface area contributed by atoms with Crippen LogP contribution in [0.4, 0.5) is 17.2 Å². The van der Waals surface area contributed by atoms with Crippen LogP contribution in [0.25, 0.3) is 22.0 Å². The summed E-state index contributed by atoms with van der Waals surface area (Å²) in [6.45, 7) is 1.69. The molecule has 0 bridgehead atoms. The van der Waals surface area contributed by atoms with Gasteiger partial charge in [-0.05, 0) is 50.0 Å². The van der Waals surface area contributed by atoms with E-state index in [1.54, 1.807) is 18.6 Å². The second kappa shape index (κ2) is 8.80. The highest BCUT2D eigenvalue weighted by Crippen LogP contribution is 2.26. The van der Waals surface area contributed by atoms with Crippen LogP contribution in [0.1, 0.15) is 10.5 Å². The summed E-state index contributed by atoms with van der Waals surface area (Å²) in [5.74, 6) is 0.440. The molecule has 0 aliphatic rings. The fourth-order valence-electron chi connectivity index (χ4n) is 3.15. The summed E-state index contributed by atoms with van der Waals surface area (Å²) in [7, 11) is 4.03. The molecule has 158 valence electrons. The van der Waals surface area contributed by atoms with E-state index < -0.39 is 0 Å². The Labute approximate surface area is 179 Å². The Morgan fingerprint density at radius 3 is 2.71 bits per heavy atom. The summed E-state index contributed by atoms with van der Waals surface area (Å²) < 4.78 is 0. The van der Waals surface area contributed by atoms with E-state index in [-0.39, 0.29) is 5.91 Å². The first kappa shape index (κ1) is 20.3. The summed E-state index contributed by atoms with van der Waals surface area (Å²) in [4.78, 5) is 23.4. The molecular formula is C22H24N8O. The lowest BCUT2D eigenvalue weighted by atomic mass is 10.0. The lowest BCUT2D eigenvalue weighted by molar-refractivity contribution is 0.102. The van der Waals surface area contributed by atoms with Crippen molar-refractivity contribution in [1.82, 2.24) is 25.1 Å². The van der Waals surface area contributed by atoms with Crippen molar-refractivity contribution in [1.29, 1.82) is 0 Å². The fourth-order valence-corrected chi connectivity index (χ4v) is 3.15. The third-order valence-electron chi connectivity index (χ3n) is 4.76. The van der Waals surface area contributed by atoms with Crippen LogP contribution in [0, 0.1) is 0 Å². The lowest BCUT2D eigenvalue weighted by Gasteiger charge is -2.11. The van der Waals surface area contributed by atoms with Gasteiger partial charge in [0.05, 0.1) is 23.1 Å². The Balaban J connectivity index is 1.50. The van der Waals surface area contributed by atoms with Crippen LogP contribution in [0.2, 0.25) is 0 Å². The number of rotatable bonds is 7. The average molecular weight is 416 g/mol. The molecule has 4 aromatic rings. The highest BCUT2D eigenvalue weighted by atomic mass is 16.1. The number of carbonyl (C=O) groups is 1. The molecule has 0 radical (unpaired) electrons. The zero-order chi connectivity index (χ0) is 21.8. The number of pyridine rings is 2. The molecule has 9 heteroatoms. The zero-order valence-corrected chi connectivity index (χ0v) is 17.4. The van der Waals surface area contributed by atoms with Gasteiger partial charge in [-0.2, -0.15) is 5.10 Å². The second-order valence-corrected chi connectivity index (χ2v) is 7.46. The van der Waals surface area contributed by atoms with Gasteiger partial charge >= 0.3 is 0 Å². The fraction of sp³-hybridized carbons (Fsp3) is 0.182. The van der Waals surface area contributed by atoms with Gasteiger partial charge in [0.25, 0.3) is 5.91 Å². The molecule has 0 fully saturated rings. The van der Waals surface area contributed by atoms with E-state index in [2.05, 4.69) is 35.7 Å². The Bertz CT molecular complexity index is 1200. The number of anilines is 3. The summed E-state index contributed by atoms with van der Waals surface area (Å²) in [5, 5.41) is 13.9. The van der Waals surface area contributed by atoms with E-state index >= 15 is 0 Å². The standard InChI is InChI=1S/C22H24N8O/c1-30(2)8-7-25-20-6-4-17(13-26-20)27-22(31)21-18-10-14(3-5-19(18)28-29-21)15-9-16(23)12-24-11-15/h3-6,9-13H,7-8,23H2,1-2H3,(H,25,26)(H,27,31)(H,28,29). The maximum absolute atomic E-state index is 12.8. The molecule has 1 amide bonds. The van der Waals surface area contributed by atoms with E-state index in [9.17, 15) is 4.79 Å². The number of nitrogen functional groups attached to an aromatic ring is 1. The smallest absolute Gasteiger partial charge is 0.276 e. The number of nitrogens with two attached hydrogens (primary N) is 1. The Kier molecular flexibility index (Phi) is 5.76. The summed E-state index contributed by atoms with van der Waals surface area (Å²) in [6, 6.07) is 11.2. The van der Waals surface area contributed by atoms with Gasteiger partial charge in [0.2, 0.25) is 0 Å². The molecule has 0 aliphatic heterocycles. The topological polar surface area (TPSA) is 125 Å². The van der Waals surface area contributed by atoms with Crippen LogP contribution < -0.4 is 16.4 Å². The van der Waals surface area contributed by atoms with Gasteiger partial charge in [-0.1, -0.05) is 6.07 Å². The molecule has 3 aromatic heterocycles. The third kappa shape index (κ3) is 4.78. The number of H-pyrrole nitrogens is 1. The number of aromatic amines is 1. The number of benzene rings is 1. The van der Waals surface area contributed by atoms with Crippen LogP contribution in [-0.4, -0.2) is 58.2 Å². The number of nitrogens with one attached hydrogen (secondary N) is 3. The Hall–Kier alpha value is -3.98. The maximum atomic E-state index is 12.8. The molecule has 3 heterocycles. The molecule has 4 rings (SSSR count). The second-order valence-electron chi connectivity index (χ2n) is 7.46. The number of amides is 1. The number of fused-ring (bicyclic) bond motifs is 1. The van der Waals surface area contributed by atoms with Crippen molar-refractivity contribution in [3.8, 4) is 11.1 Å². The van der Waals surface area contributed by atoms with Crippen LogP contribution in [-0.2, 0) is 0 Å². The molecular weight excluding hydrogens is 392 g/mol. The molecule has 1 aromatic carbocycles. The first-order chi connectivity index (χ1) is 15.0. The number of carbonyl (C=O) groups excluding carboxylic acids is 1. The van der Waals surface area contributed by atoms with Crippen molar-refractivity contribution in [2.75, 3.05) is 43.6 Å². The summed E-state index contributed by atoms with van der Waals surface area (Å²) in [6.07, 6.45) is 4.95. The van der Waals surface area contributed by atoms with Crippen LogP contribution >= 0.6 is 0 Å². The van der Waals surface area contributed by atoms with Crippen LogP contribution in [0.5, 0.6) is 0 Å². The van der Waals surface area contributed by atoms with Crippen molar-refractivity contribution in [2.45, 2.75) is 0 Å². The molecule has 0 unspecified atom stereocenters. The first-order valence-corrected chi connectivity index (χ1v) is 9.84. The van der Waals surface area contributed by atoms with Crippen molar-refractivity contribution in [3.05, 3.63) is 60.7 Å². The van der Waals surface area contributed by atoms with E-state index in [1.807, 2.05) is 50.5 Å². The highest BCUT2D eigenvalue weighted by molar-refractivity contribution is 6.11. The van der Waals surface area contributed by atoms with Gasteiger partial charge in [-0.25, -0.2) is 4.98 Å². The van der Waals surface area contributed by atoms with E-state index in [4.69, 9.17) is 5.73 Å². The minimum atomic E-state index is -0.316. The van der Waals surface area contributed by atoms with Crippen molar-refractivity contribution >= 4 is 34.0 Å². The number of likely N-dealkylation sites (N-methyl/N-ethyl adjacent to an activating group) is 1. The van der Waals surface area contributed by atoms with E-state index in [0.717, 1.165) is 35.6 Å². The van der Waals surface area contributed by atoms with Gasteiger partial charge in [0, 0.05) is 36.4 Å².